The fraction of sp³-hybridized carbons (Fsp3) is 0.235. The van der Waals surface area contributed by atoms with E-state index >= 15 is 0 Å². The molecule has 1 amide bonds. The van der Waals surface area contributed by atoms with Gasteiger partial charge in [0.2, 0.25) is 0 Å². The van der Waals surface area contributed by atoms with Crippen LogP contribution in [0.15, 0.2) is 42.5 Å². The van der Waals surface area contributed by atoms with Gasteiger partial charge >= 0.3 is 6.61 Å². The maximum Gasteiger partial charge on any atom is 0.387 e. The third-order valence-electron chi connectivity index (χ3n) is 3.35. The summed E-state index contributed by atoms with van der Waals surface area (Å²) in [5, 5.41) is 0. The monoisotopic (exact) mass is 339 g/mol. The van der Waals surface area contributed by atoms with Crippen molar-refractivity contribution in [2.24, 2.45) is 0 Å². The number of ether oxygens (including phenoxy) is 2. The number of benzene rings is 2. The predicted octanol–water partition coefficient (Wildman–Crippen LogP) is 3.71. The summed E-state index contributed by atoms with van der Waals surface area (Å²) in [5.74, 6) is -1.37. The molecule has 0 aromatic heterocycles. The van der Waals surface area contributed by atoms with Crippen LogP contribution in [0.1, 0.15) is 15.9 Å². The molecule has 0 spiro atoms. The maximum atomic E-state index is 13.7. The molecule has 4 nitrogen and oxygen atoms in total. The van der Waals surface area contributed by atoms with Crippen LogP contribution in [0.3, 0.4) is 0 Å². The highest BCUT2D eigenvalue weighted by Gasteiger charge is 2.23. The number of rotatable bonds is 6. The zero-order chi connectivity index (χ0) is 17.7. The molecule has 0 fully saturated rings. The van der Waals surface area contributed by atoms with Gasteiger partial charge in [-0.1, -0.05) is 24.3 Å². The standard InChI is InChI=1S/C17H16F3NO3/c1-21(10-11-6-3-4-8-13(11)18)16(22)12-7-5-9-14(23-2)15(12)24-17(19)20/h3-9,17H,10H2,1-2H3. The van der Waals surface area contributed by atoms with Gasteiger partial charge in [-0.05, 0) is 18.2 Å². The molecule has 7 heteroatoms. The molecule has 0 N–H and O–H groups in total. The third-order valence-corrected chi connectivity index (χ3v) is 3.35. The average Bonchev–Trinajstić information content (AvgIpc) is 2.56. The zero-order valence-electron chi connectivity index (χ0n) is 13.1. The molecule has 2 aromatic carbocycles. The van der Waals surface area contributed by atoms with Crippen LogP contribution >= 0.6 is 0 Å². The summed E-state index contributed by atoms with van der Waals surface area (Å²) >= 11 is 0. The minimum atomic E-state index is -3.11. The number of carbonyl (C=O) groups is 1. The molecule has 0 atom stereocenters. The van der Waals surface area contributed by atoms with E-state index in [0.29, 0.717) is 5.56 Å². The number of carbonyl (C=O) groups excluding carboxylic acids is 1. The molecule has 0 aliphatic heterocycles. The molecule has 0 radical (unpaired) electrons. The smallest absolute Gasteiger partial charge is 0.387 e. The van der Waals surface area contributed by atoms with Crippen molar-refractivity contribution in [3.63, 3.8) is 0 Å². The van der Waals surface area contributed by atoms with Crippen LogP contribution in [0.5, 0.6) is 11.5 Å². The van der Waals surface area contributed by atoms with Crippen molar-refractivity contribution in [1.29, 1.82) is 0 Å². The summed E-state index contributed by atoms with van der Waals surface area (Å²) in [7, 11) is 2.73. The summed E-state index contributed by atoms with van der Waals surface area (Å²) < 4.78 is 48.4. The Bertz CT molecular complexity index is 722. The normalized spacial score (nSPS) is 10.6. The second kappa shape index (κ2) is 7.72. The maximum absolute atomic E-state index is 13.7. The van der Waals surface area contributed by atoms with E-state index in [-0.39, 0.29) is 23.6 Å². The van der Waals surface area contributed by atoms with Crippen LogP contribution in [0, 0.1) is 5.82 Å². The molecule has 2 aromatic rings. The van der Waals surface area contributed by atoms with Crippen molar-refractivity contribution in [2.75, 3.05) is 14.2 Å². The van der Waals surface area contributed by atoms with Crippen LogP contribution in [0.2, 0.25) is 0 Å². The molecule has 0 aliphatic carbocycles. The third kappa shape index (κ3) is 3.98. The first-order valence-corrected chi connectivity index (χ1v) is 7.04. The topological polar surface area (TPSA) is 38.8 Å². The summed E-state index contributed by atoms with van der Waals surface area (Å²) in [6.07, 6.45) is 0. The quantitative estimate of drug-likeness (QED) is 0.805. The highest BCUT2D eigenvalue weighted by molar-refractivity contribution is 5.97. The van der Waals surface area contributed by atoms with Crippen LogP contribution in [-0.4, -0.2) is 31.6 Å². The van der Waals surface area contributed by atoms with Gasteiger partial charge in [-0.3, -0.25) is 4.79 Å². The molecule has 0 aliphatic rings. The second-order valence-corrected chi connectivity index (χ2v) is 4.97. The number of hydrogen-bond donors (Lipinski definition) is 0. The summed E-state index contributed by atoms with van der Waals surface area (Å²) in [4.78, 5) is 13.8. The molecule has 0 bridgehead atoms. The Hall–Kier alpha value is -2.70. The highest BCUT2D eigenvalue weighted by Crippen LogP contribution is 2.33. The number of amides is 1. The number of para-hydroxylation sites is 1. The van der Waals surface area contributed by atoms with Crippen LogP contribution in [-0.2, 0) is 6.54 Å². The van der Waals surface area contributed by atoms with Crippen LogP contribution < -0.4 is 9.47 Å². The van der Waals surface area contributed by atoms with E-state index in [1.807, 2.05) is 0 Å². The molecular formula is C17H16F3NO3. The van der Waals surface area contributed by atoms with Gasteiger partial charge in [-0.2, -0.15) is 8.78 Å². The van der Waals surface area contributed by atoms with Gasteiger partial charge in [0.15, 0.2) is 11.5 Å². The largest absolute Gasteiger partial charge is 0.493 e. The van der Waals surface area contributed by atoms with Gasteiger partial charge in [0.05, 0.1) is 12.7 Å². The summed E-state index contributed by atoms with van der Waals surface area (Å²) in [6, 6.07) is 10.3. The lowest BCUT2D eigenvalue weighted by molar-refractivity contribution is -0.0516. The Labute approximate surface area is 137 Å². The van der Waals surface area contributed by atoms with Crippen molar-refractivity contribution < 1.29 is 27.4 Å². The Morgan fingerprint density at radius 2 is 1.88 bits per heavy atom. The van der Waals surface area contributed by atoms with Gasteiger partial charge in [0, 0.05) is 19.2 Å². The molecule has 0 unspecified atom stereocenters. The molecule has 2 rings (SSSR count). The van der Waals surface area contributed by atoms with Gasteiger partial charge in [0.25, 0.3) is 5.91 Å². The van der Waals surface area contributed by atoms with E-state index in [9.17, 15) is 18.0 Å². The lowest BCUT2D eigenvalue weighted by Crippen LogP contribution is -2.27. The van der Waals surface area contributed by atoms with Crippen molar-refractivity contribution in [1.82, 2.24) is 4.90 Å². The van der Waals surface area contributed by atoms with Gasteiger partial charge in [-0.25, -0.2) is 4.39 Å². The Balaban J connectivity index is 2.30. The zero-order valence-corrected chi connectivity index (χ0v) is 13.1. The molecular weight excluding hydrogens is 323 g/mol. The fourth-order valence-electron chi connectivity index (χ4n) is 2.22. The Kier molecular flexibility index (Phi) is 5.68. The van der Waals surface area contributed by atoms with E-state index in [1.54, 1.807) is 12.1 Å². The predicted molar refractivity (Wildman–Crippen MR) is 81.8 cm³/mol. The molecule has 0 saturated heterocycles. The second-order valence-electron chi connectivity index (χ2n) is 4.97. The molecule has 128 valence electrons. The summed E-state index contributed by atoms with van der Waals surface area (Å²) in [5.41, 5.74) is 0.223. The molecule has 0 saturated carbocycles. The molecule has 24 heavy (non-hydrogen) atoms. The average molecular weight is 339 g/mol. The van der Waals surface area contributed by atoms with Crippen LogP contribution in [0.4, 0.5) is 13.2 Å². The Morgan fingerprint density at radius 3 is 2.50 bits per heavy atom. The van der Waals surface area contributed by atoms with Crippen molar-refractivity contribution in [2.45, 2.75) is 13.2 Å². The lowest BCUT2D eigenvalue weighted by Gasteiger charge is -2.20. The Morgan fingerprint density at radius 1 is 1.17 bits per heavy atom. The molecule has 0 heterocycles. The van der Waals surface area contributed by atoms with E-state index < -0.39 is 18.3 Å². The summed E-state index contributed by atoms with van der Waals surface area (Å²) in [6.45, 7) is -3.12. The SMILES string of the molecule is COc1cccc(C(=O)N(C)Cc2ccccc2F)c1OC(F)F. The number of hydrogen-bond acceptors (Lipinski definition) is 3. The first kappa shape index (κ1) is 17.7. The van der Waals surface area contributed by atoms with E-state index in [1.165, 1.54) is 49.4 Å². The van der Waals surface area contributed by atoms with E-state index in [4.69, 9.17) is 4.74 Å². The first-order chi connectivity index (χ1) is 11.4. The van der Waals surface area contributed by atoms with Gasteiger partial charge < -0.3 is 14.4 Å². The van der Waals surface area contributed by atoms with Gasteiger partial charge in [-0.15, -0.1) is 0 Å². The first-order valence-electron chi connectivity index (χ1n) is 7.04. The van der Waals surface area contributed by atoms with E-state index in [0.717, 1.165) is 0 Å². The van der Waals surface area contributed by atoms with Crippen molar-refractivity contribution in [3.05, 3.63) is 59.4 Å². The number of alkyl halides is 2. The van der Waals surface area contributed by atoms with Crippen LogP contribution in [0.25, 0.3) is 0 Å². The van der Waals surface area contributed by atoms with E-state index in [2.05, 4.69) is 4.74 Å². The minimum absolute atomic E-state index is 0.0143. The number of nitrogens with zero attached hydrogens (tertiary/aromatic N) is 1. The lowest BCUT2D eigenvalue weighted by atomic mass is 10.1. The van der Waals surface area contributed by atoms with Gasteiger partial charge in [0.1, 0.15) is 5.82 Å². The fourth-order valence-corrected chi connectivity index (χ4v) is 2.22. The van der Waals surface area contributed by atoms with Crippen molar-refractivity contribution in [3.8, 4) is 11.5 Å². The number of halogens is 3. The minimum Gasteiger partial charge on any atom is -0.493 e. The van der Waals surface area contributed by atoms with Crippen molar-refractivity contribution >= 4 is 5.91 Å². The number of methoxy groups -OCH3 is 1. The highest BCUT2D eigenvalue weighted by atomic mass is 19.3.